The fourth-order valence-corrected chi connectivity index (χ4v) is 4.59. The average Bonchev–Trinajstić information content (AvgIpc) is 2.74. The Kier molecular flexibility index (Phi) is 6.66. The van der Waals surface area contributed by atoms with Crippen LogP contribution < -0.4 is 26.5 Å². The van der Waals surface area contributed by atoms with Crippen molar-refractivity contribution in [2.24, 2.45) is 0 Å². The molecular formula is C25H28BrNO2. The maximum Gasteiger partial charge on any atom is 0.161 e. The maximum absolute atomic E-state index is 5.64. The largest absolute Gasteiger partial charge is 1.00 e. The zero-order valence-corrected chi connectivity index (χ0v) is 18.9. The van der Waals surface area contributed by atoms with Gasteiger partial charge in [-0.3, -0.25) is 0 Å². The van der Waals surface area contributed by atoms with E-state index in [4.69, 9.17) is 9.47 Å². The Bertz CT molecular complexity index is 946. The monoisotopic (exact) mass is 453 g/mol. The Morgan fingerprint density at radius 3 is 2.07 bits per heavy atom. The van der Waals surface area contributed by atoms with E-state index in [1.807, 2.05) is 0 Å². The lowest BCUT2D eigenvalue weighted by molar-refractivity contribution is -0.948. The second-order valence-corrected chi connectivity index (χ2v) is 7.82. The second-order valence-electron chi connectivity index (χ2n) is 7.82. The number of quaternary nitrogens is 1. The topological polar surface area (TPSA) is 18.5 Å². The highest BCUT2D eigenvalue weighted by Crippen LogP contribution is 2.44. The summed E-state index contributed by atoms with van der Waals surface area (Å²) in [5.74, 6) is 1.61. The summed E-state index contributed by atoms with van der Waals surface area (Å²) in [6, 6.07) is 26.3. The van der Waals surface area contributed by atoms with E-state index in [-0.39, 0.29) is 23.0 Å². The van der Waals surface area contributed by atoms with Gasteiger partial charge < -0.3 is 30.9 Å². The van der Waals surface area contributed by atoms with Crippen molar-refractivity contribution < 1.29 is 30.9 Å². The highest BCUT2D eigenvalue weighted by Gasteiger charge is 2.41. The Balaban J connectivity index is 0.00000240. The second kappa shape index (κ2) is 9.02. The average molecular weight is 454 g/mol. The standard InChI is InChI=1S/C25H28NO2.BrH/c1-26(18-19-10-6-4-7-11-19)15-14-21-16-23(27-2)24(28-3)17-22(21)25(26)20-12-8-5-9-13-20;/h4-13,16-17,25H,14-15,18H2,1-3H3;1H/q+1;/p-1/t25-,26+;/m1./s1. The molecule has 1 aliphatic rings. The summed E-state index contributed by atoms with van der Waals surface area (Å²) in [5.41, 5.74) is 5.41. The molecule has 0 aromatic heterocycles. The molecule has 0 fully saturated rings. The van der Waals surface area contributed by atoms with Gasteiger partial charge in [0.15, 0.2) is 11.5 Å². The van der Waals surface area contributed by atoms with E-state index in [9.17, 15) is 0 Å². The van der Waals surface area contributed by atoms with Gasteiger partial charge in [0.05, 0.1) is 27.8 Å². The van der Waals surface area contributed by atoms with E-state index in [2.05, 4.69) is 79.8 Å². The minimum Gasteiger partial charge on any atom is -1.00 e. The molecule has 0 unspecified atom stereocenters. The molecule has 1 heterocycles. The van der Waals surface area contributed by atoms with Crippen LogP contribution in [0, 0.1) is 0 Å². The molecule has 4 heteroatoms. The van der Waals surface area contributed by atoms with Crippen LogP contribution in [0.4, 0.5) is 0 Å². The molecule has 2 atom stereocenters. The van der Waals surface area contributed by atoms with Gasteiger partial charge in [0.1, 0.15) is 12.6 Å². The third-order valence-electron chi connectivity index (χ3n) is 5.96. The summed E-state index contributed by atoms with van der Waals surface area (Å²) in [5, 5.41) is 0. The van der Waals surface area contributed by atoms with Crippen LogP contribution in [0.3, 0.4) is 0 Å². The summed E-state index contributed by atoms with van der Waals surface area (Å²) in [6.07, 6.45) is 1.03. The van der Waals surface area contributed by atoms with Crippen LogP contribution in [-0.2, 0) is 13.0 Å². The third-order valence-corrected chi connectivity index (χ3v) is 5.96. The Morgan fingerprint density at radius 2 is 1.45 bits per heavy atom. The third kappa shape index (κ3) is 4.19. The summed E-state index contributed by atoms with van der Waals surface area (Å²) < 4.78 is 12.1. The van der Waals surface area contributed by atoms with Crippen molar-refractivity contribution in [3.8, 4) is 11.5 Å². The van der Waals surface area contributed by atoms with Crippen molar-refractivity contribution in [1.29, 1.82) is 0 Å². The molecule has 1 aliphatic heterocycles. The first-order chi connectivity index (χ1) is 13.6. The lowest BCUT2D eigenvalue weighted by Gasteiger charge is -2.46. The van der Waals surface area contributed by atoms with Gasteiger partial charge in [-0.2, -0.15) is 0 Å². The van der Waals surface area contributed by atoms with Gasteiger partial charge in [-0.15, -0.1) is 0 Å². The minimum absolute atomic E-state index is 0. The van der Waals surface area contributed by atoms with E-state index < -0.39 is 0 Å². The lowest BCUT2D eigenvalue weighted by atomic mass is 9.85. The number of fused-ring (bicyclic) bond motifs is 1. The normalized spacial score (nSPS) is 20.3. The van der Waals surface area contributed by atoms with E-state index >= 15 is 0 Å². The quantitative estimate of drug-likeness (QED) is 0.550. The van der Waals surface area contributed by atoms with Gasteiger partial charge in [0, 0.05) is 23.1 Å². The molecule has 0 aliphatic carbocycles. The van der Waals surface area contributed by atoms with Crippen molar-refractivity contribution in [2.75, 3.05) is 27.8 Å². The van der Waals surface area contributed by atoms with E-state index in [1.165, 1.54) is 22.3 Å². The van der Waals surface area contributed by atoms with Gasteiger partial charge in [-0.25, -0.2) is 0 Å². The lowest BCUT2D eigenvalue weighted by Crippen LogP contribution is -3.00. The summed E-state index contributed by atoms with van der Waals surface area (Å²) in [6.45, 7) is 2.07. The summed E-state index contributed by atoms with van der Waals surface area (Å²) in [7, 11) is 5.80. The van der Waals surface area contributed by atoms with Crippen molar-refractivity contribution in [2.45, 2.75) is 19.0 Å². The van der Waals surface area contributed by atoms with Crippen molar-refractivity contribution in [1.82, 2.24) is 0 Å². The molecule has 3 aromatic rings. The molecule has 0 saturated carbocycles. The Morgan fingerprint density at radius 1 is 0.862 bits per heavy atom. The molecule has 0 radical (unpaired) electrons. The minimum atomic E-state index is 0. The molecule has 0 amide bonds. The molecule has 3 aromatic carbocycles. The molecule has 4 rings (SSSR count). The Hall–Kier alpha value is -2.30. The van der Waals surface area contributed by atoms with Crippen molar-refractivity contribution in [3.63, 3.8) is 0 Å². The zero-order valence-electron chi connectivity index (χ0n) is 17.3. The highest BCUT2D eigenvalue weighted by molar-refractivity contribution is 5.50. The SMILES string of the molecule is COc1cc2c(cc1OC)[C@@H](c1ccccc1)[N@+](C)(Cc1ccccc1)CC2.[Br-]. The number of halogens is 1. The van der Waals surface area contributed by atoms with Crippen LogP contribution in [0.15, 0.2) is 72.8 Å². The predicted molar refractivity (Wildman–Crippen MR) is 113 cm³/mol. The smallest absolute Gasteiger partial charge is 0.161 e. The number of ether oxygens (including phenoxy) is 2. The van der Waals surface area contributed by atoms with Crippen molar-refractivity contribution >= 4 is 0 Å². The number of likely N-dealkylation sites (N-methyl/N-ethyl adjacent to an activating group) is 1. The molecule has 0 N–H and O–H groups in total. The first kappa shape index (κ1) is 21.4. The number of methoxy groups -OCH3 is 2. The van der Waals surface area contributed by atoms with Crippen LogP contribution >= 0.6 is 0 Å². The van der Waals surface area contributed by atoms with Crippen LogP contribution in [0.25, 0.3) is 0 Å². The first-order valence-corrected chi connectivity index (χ1v) is 9.82. The number of benzene rings is 3. The maximum atomic E-state index is 5.64. The molecule has 0 saturated heterocycles. The van der Waals surface area contributed by atoms with E-state index in [1.54, 1.807) is 14.2 Å². The van der Waals surface area contributed by atoms with Gasteiger partial charge >= 0.3 is 0 Å². The predicted octanol–water partition coefficient (Wildman–Crippen LogP) is 2.00. The molecule has 3 nitrogen and oxygen atoms in total. The number of hydrogen-bond donors (Lipinski definition) is 0. The van der Waals surface area contributed by atoms with Gasteiger partial charge in [0.25, 0.3) is 0 Å². The van der Waals surface area contributed by atoms with Crippen LogP contribution in [0.2, 0.25) is 0 Å². The number of hydrogen-bond acceptors (Lipinski definition) is 2. The molecule has 0 spiro atoms. The van der Waals surface area contributed by atoms with Crippen LogP contribution in [0.1, 0.15) is 28.3 Å². The van der Waals surface area contributed by atoms with Crippen LogP contribution in [0.5, 0.6) is 11.5 Å². The Labute approximate surface area is 184 Å². The van der Waals surface area contributed by atoms with Gasteiger partial charge in [-0.1, -0.05) is 60.7 Å². The fraction of sp³-hybridized carbons (Fsp3) is 0.280. The summed E-state index contributed by atoms with van der Waals surface area (Å²) >= 11 is 0. The fourth-order valence-electron chi connectivity index (χ4n) is 4.59. The summed E-state index contributed by atoms with van der Waals surface area (Å²) in [4.78, 5) is 0. The highest BCUT2D eigenvalue weighted by atomic mass is 79.9. The number of rotatable bonds is 5. The van der Waals surface area contributed by atoms with E-state index in [0.29, 0.717) is 0 Å². The molecule has 29 heavy (non-hydrogen) atoms. The molecular weight excluding hydrogens is 426 g/mol. The van der Waals surface area contributed by atoms with Gasteiger partial charge in [0.2, 0.25) is 0 Å². The van der Waals surface area contributed by atoms with Crippen molar-refractivity contribution in [3.05, 3.63) is 95.1 Å². The van der Waals surface area contributed by atoms with E-state index in [0.717, 1.165) is 35.5 Å². The first-order valence-electron chi connectivity index (χ1n) is 9.82. The zero-order chi connectivity index (χ0) is 19.6. The number of nitrogens with zero attached hydrogens (tertiary/aromatic N) is 1. The molecule has 0 bridgehead atoms. The molecule has 152 valence electrons. The van der Waals surface area contributed by atoms with Gasteiger partial charge in [-0.05, 0) is 17.7 Å². The van der Waals surface area contributed by atoms with Crippen LogP contribution in [-0.4, -0.2) is 32.3 Å².